The maximum atomic E-state index is 11.9. The van der Waals surface area contributed by atoms with Crippen LogP contribution in [0.15, 0.2) is 5.38 Å². The Balaban J connectivity index is 1.96. The predicted octanol–water partition coefficient (Wildman–Crippen LogP) is 1.04. The summed E-state index contributed by atoms with van der Waals surface area (Å²) < 4.78 is 0. The molecule has 0 radical (unpaired) electrons. The molecule has 1 fully saturated rings. The second-order valence-corrected chi connectivity index (χ2v) is 6.41. The minimum atomic E-state index is -1.05. The first kappa shape index (κ1) is 16.4. The van der Waals surface area contributed by atoms with Gasteiger partial charge in [0.25, 0.3) is 0 Å². The SMILES string of the molecule is CC(C)[C@H](NC(=O)Cc1csc(N2CCCC2=O)n1)C(=O)O. The number of thiazole rings is 1. The van der Waals surface area contributed by atoms with Crippen LogP contribution in [0.25, 0.3) is 0 Å². The van der Waals surface area contributed by atoms with Gasteiger partial charge in [-0.3, -0.25) is 14.5 Å². The van der Waals surface area contributed by atoms with Crippen LogP contribution >= 0.6 is 11.3 Å². The lowest BCUT2D eigenvalue weighted by atomic mass is 10.0. The zero-order chi connectivity index (χ0) is 16.3. The van der Waals surface area contributed by atoms with E-state index in [9.17, 15) is 14.4 Å². The van der Waals surface area contributed by atoms with Crippen LogP contribution in [0, 0.1) is 5.92 Å². The molecule has 1 saturated heterocycles. The van der Waals surface area contributed by atoms with Gasteiger partial charge in [-0.1, -0.05) is 13.8 Å². The summed E-state index contributed by atoms with van der Waals surface area (Å²) in [4.78, 5) is 40.6. The molecule has 1 aromatic heterocycles. The summed E-state index contributed by atoms with van der Waals surface area (Å²) in [5.41, 5.74) is 0.546. The Bertz CT molecular complexity index is 584. The first-order chi connectivity index (χ1) is 10.4. The van der Waals surface area contributed by atoms with Gasteiger partial charge in [-0.05, 0) is 12.3 Å². The zero-order valence-corrected chi connectivity index (χ0v) is 13.4. The number of nitrogens with zero attached hydrogens (tertiary/aromatic N) is 2. The topological polar surface area (TPSA) is 99.6 Å². The van der Waals surface area contributed by atoms with Gasteiger partial charge in [-0.15, -0.1) is 11.3 Å². The Morgan fingerprint density at radius 1 is 1.50 bits per heavy atom. The first-order valence-electron chi connectivity index (χ1n) is 7.15. The number of anilines is 1. The molecule has 2 N–H and O–H groups in total. The molecule has 1 atom stereocenters. The van der Waals surface area contributed by atoms with Gasteiger partial charge >= 0.3 is 5.97 Å². The highest BCUT2D eigenvalue weighted by Gasteiger charge is 2.26. The number of carboxylic acid groups (broad SMARTS) is 1. The molecule has 2 rings (SSSR count). The second-order valence-electron chi connectivity index (χ2n) is 5.57. The predicted molar refractivity (Wildman–Crippen MR) is 81.8 cm³/mol. The molecule has 2 amide bonds. The Morgan fingerprint density at radius 2 is 2.23 bits per heavy atom. The van der Waals surface area contributed by atoms with Crippen molar-refractivity contribution in [3.05, 3.63) is 11.1 Å². The molecule has 0 unspecified atom stereocenters. The van der Waals surface area contributed by atoms with Crippen molar-refractivity contribution in [2.75, 3.05) is 11.4 Å². The van der Waals surface area contributed by atoms with E-state index in [4.69, 9.17) is 5.11 Å². The van der Waals surface area contributed by atoms with Crippen molar-refractivity contribution >= 4 is 34.3 Å². The molecule has 7 nitrogen and oxygen atoms in total. The van der Waals surface area contributed by atoms with Gasteiger partial charge in [-0.2, -0.15) is 0 Å². The van der Waals surface area contributed by atoms with Crippen molar-refractivity contribution in [3.8, 4) is 0 Å². The Labute approximate surface area is 132 Å². The van der Waals surface area contributed by atoms with Gasteiger partial charge in [0.05, 0.1) is 12.1 Å². The van der Waals surface area contributed by atoms with E-state index in [2.05, 4.69) is 10.3 Å². The summed E-state index contributed by atoms with van der Waals surface area (Å²) in [7, 11) is 0. The van der Waals surface area contributed by atoms with Crippen LogP contribution in [0.4, 0.5) is 5.13 Å². The third-order valence-electron chi connectivity index (χ3n) is 3.43. The third kappa shape index (κ3) is 3.82. The molecule has 8 heteroatoms. The van der Waals surface area contributed by atoms with E-state index < -0.39 is 12.0 Å². The lowest BCUT2D eigenvalue weighted by Crippen LogP contribution is -2.44. The van der Waals surface area contributed by atoms with E-state index >= 15 is 0 Å². The van der Waals surface area contributed by atoms with Crippen molar-refractivity contribution < 1.29 is 19.5 Å². The molecule has 22 heavy (non-hydrogen) atoms. The van der Waals surface area contributed by atoms with Crippen LogP contribution in [0.2, 0.25) is 0 Å². The molecule has 2 heterocycles. The van der Waals surface area contributed by atoms with E-state index in [1.165, 1.54) is 11.3 Å². The van der Waals surface area contributed by atoms with Crippen molar-refractivity contribution in [2.24, 2.45) is 5.92 Å². The molecule has 0 aromatic carbocycles. The largest absolute Gasteiger partial charge is 0.480 e. The number of rotatable bonds is 6. The fourth-order valence-corrected chi connectivity index (χ4v) is 3.12. The van der Waals surface area contributed by atoms with Crippen molar-refractivity contribution in [1.82, 2.24) is 10.3 Å². The van der Waals surface area contributed by atoms with Gasteiger partial charge in [0.15, 0.2) is 5.13 Å². The highest BCUT2D eigenvalue weighted by Crippen LogP contribution is 2.25. The average molecular weight is 325 g/mol. The standard InChI is InChI=1S/C14H19N3O4S/c1-8(2)12(13(20)21)16-10(18)6-9-7-22-14(15-9)17-5-3-4-11(17)19/h7-8,12H,3-6H2,1-2H3,(H,16,18)(H,20,21)/t12-/m0/s1. The number of nitrogens with one attached hydrogen (secondary N) is 1. The molecule has 1 aliphatic rings. The highest BCUT2D eigenvalue weighted by molar-refractivity contribution is 7.14. The normalized spacial score (nSPS) is 16.1. The van der Waals surface area contributed by atoms with Crippen molar-refractivity contribution in [2.45, 2.75) is 39.2 Å². The van der Waals surface area contributed by atoms with Crippen LogP contribution in [0.3, 0.4) is 0 Å². The minimum Gasteiger partial charge on any atom is -0.480 e. The molecule has 1 aliphatic heterocycles. The molecular formula is C14H19N3O4S. The fourth-order valence-electron chi connectivity index (χ4n) is 2.25. The number of hydrogen-bond donors (Lipinski definition) is 2. The maximum absolute atomic E-state index is 11.9. The van der Waals surface area contributed by atoms with Crippen molar-refractivity contribution in [3.63, 3.8) is 0 Å². The number of carbonyl (C=O) groups excluding carboxylic acids is 2. The Hall–Kier alpha value is -1.96. The van der Waals surface area contributed by atoms with Gasteiger partial charge in [0, 0.05) is 18.3 Å². The van der Waals surface area contributed by atoms with E-state index in [-0.39, 0.29) is 24.2 Å². The molecule has 0 aliphatic carbocycles. The summed E-state index contributed by atoms with van der Waals surface area (Å²) >= 11 is 1.32. The van der Waals surface area contributed by atoms with Crippen LogP contribution in [-0.2, 0) is 20.8 Å². The number of carboxylic acids is 1. The Morgan fingerprint density at radius 3 is 2.77 bits per heavy atom. The molecule has 0 bridgehead atoms. The van der Waals surface area contributed by atoms with E-state index in [0.717, 1.165) is 6.42 Å². The maximum Gasteiger partial charge on any atom is 0.326 e. The summed E-state index contributed by atoms with van der Waals surface area (Å²) in [6, 6.07) is -0.911. The fraction of sp³-hybridized carbons (Fsp3) is 0.571. The molecular weight excluding hydrogens is 306 g/mol. The number of aromatic nitrogens is 1. The summed E-state index contributed by atoms with van der Waals surface area (Å²) in [6.45, 7) is 4.13. The highest BCUT2D eigenvalue weighted by atomic mass is 32.1. The van der Waals surface area contributed by atoms with Gasteiger partial charge in [0.2, 0.25) is 11.8 Å². The summed E-state index contributed by atoms with van der Waals surface area (Å²) in [6.07, 6.45) is 1.36. The number of hydrogen-bond acceptors (Lipinski definition) is 5. The van der Waals surface area contributed by atoms with E-state index in [1.807, 2.05) is 0 Å². The van der Waals surface area contributed by atoms with E-state index in [1.54, 1.807) is 24.1 Å². The molecule has 120 valence electrons. The zero-order valence-electron chi connectivity index (χ0n) is 12.5. The first-order valence-corrected chi connectivity index (χ1v) is 8.03. The van der Waals surface area contributed by atoms with Gasteiger partial charge in [0.1, 0.15) is 6.04 Å². The molecule has 0 saturated carbocycles. The van der Waals surface area contributed by atoms with Crippen molar-refractivity contribution in [1.29, 1.82) is 0 Å². The third-order valence-corrected chi connectivity index (χ3v) is 4.35. The number of amides is 2. The van der Waals surface area contributed by atoms with Crippen LogP contribution in [0.1, 0.15) is 32.4 Å². The van der Waals surface area contributed by atoms with Crippen LogP contribution < -0.4 is 10.2 Å². The van der Waals surface area contributed by atoms with Gasteiger partial charge in [-0.25, -0.2) is 9.78 Å². The molecule has 1 aromatic rings. The number of carbonyl (C=O) groups is 3. The lowest BCUT2D eigenvalue weighted by Gasteiger charge is -2.17. The summed E-state index contributed by atoms with van der Waals surface area (Å²) in [5.74, 6) is -1.58. The van der Waals surface area contributed by atoms with Gasteiger partial charge < -0.3 is 10.4 Å². The quantitative estimate of drug-likeness (QED) is 0.814. The summed E-state index contributed by atoms with van der Waals surface area (Å²) in [5, 5.41) is 13.9. The van der Waals surface area contributed by atoms with Crippen LogP contribution in [0.5, 0.6) is 0 Å². The number of aliphatic carboxylic acids is 1. The van der Waals surface area contributed by atoms with Crippen LogP contribution in [-0.4, -0.2) is 40.5 Å². The minimum absolute atomic E-state index is 0.00896. The van der Waals surface area contributed by atoms with E-state index in [0.29, 0.717) is 23.8 Å². The lowest BCUT2D eigenvalue weighted by molar-refractivity contribution is -0.143. The molecule has 0 spiro atoms. The average Bonchev–Trinajstić information content (AvgIpc) is 3.04. The monoisotopic (exact) mass is 325 g/mol. The smallest absolute Gasteiger partial charge is 0.326 e. The Kier molecular flexibility index (Phi) is 5.12. The second kappa shape index (κ2) is 6.87.